The number of nitrogens with zero attached hydrogens (tertiary/aromatic N) is 2. The van der Waals surface area contributed by atoms with Crippen molar-refractivity contribution in [3.63, 3.8) is 0 Å². The first-order valence-electron chi connectivity index (χ1n) is 9.36. The number of aromatic nitrogens is 1. The number of halogens is 1. The normalized spacial score (nSPS) is 24.9. The summed E-state index contributed by atoms with van der Waals surface area (Å²) in [6, 6.07) is 6.80. The van der Waals surface area contributed by atoms with Crippen LogP contribution in [0.5, 0.6) is 0 Å². The second-order valence-electron chi connectivity index (χ2n) is 7.70. The molecule has 4 nitrogen and oxygen atoms in total. The highest BCUT2D eigenvalue weighted by atomic mass is 35.5. The van der Waals surface area contributed by atoms with E-state index in [-0.39, 0.29) is 0 Å². The molecule has 0 spiro atoms. The van der Waals surface area contributed by atoms with Gasteiger partial charge in [0.1, 0.15) is 0 Å². The van der Waals surface area contributed by atoms with Crippen molar-refractivity contribution in [2.24, 2.45) is 5.92 Å². The predicted octanol–water partition coefficient (Wildman–Crippen LogP) is 3.67. The fraction of sp³-hybridized carbons (Fsp3) is 0.600. The lowest BCUT2D eigenvalue weighted by Gasteiger charge is -2.35. The highest BCUT2D eigenvalue weighted by Crippen LogP contribution is 2.30. The van der Waals surface area contributed by atoms with Crippen molar-refractivity contribution in [3.8, 4) is 0 Å². The highest BCUT2D eigenvalue weighted by molar-refractivity contribution is 6.31. The summed E-state index contributed by atoms with van der Waals surface area (Å²) in [5.41, 5.74) is 3.86. The summed E-state index contributed by atoms with van der Waals surface area (Å²) < 4.78 is 5.30. The van der Waals surface area contributed by atoms with Crippen molar-refractivity contribution in [2.75, 3.05) is 39.9 Å². The molecule has 2 aromatic rings. The molecule has 3 fully saturated rings. The quantitative estimate of drug-likeness (QED) is 0.881. The van der Waals surface area contributed by atoms with Crippen LogP contribution in [0.2, 0.25) is 5.02 Å². The zero-order valence-corrected chi connectivity index (χ0v) is 16.0. The number of benzene rings is 1. The minimum Gasteiger partial charge on any atom is -0.383 e. The summed E-state index contributed by atoms with van der Waals surface area (Å²) in [6.45, 7) is 8.71. The van der Waals surface area contributed by atoms with Crippen LogP contribution in [0.15, 0.2) is 18.2 Å². The van der Waals surface area contributed by atoms with Crippen LogP contribution < -0.4 is 0 Å². The minimum absolute atomic E-state index is 0.674. The molecule has 0 amide bonds. The lowest BCUT2D eigenvalue weighted by Crippen LogP contribution is -2.45. The Morgan fingerprint density at radius 1 is 1.24 bits per heavy atom. The van der Waals surface area contributed by atoms with Gasteiger partial charge in [0.15, 0.2) is 0 Å². The molecule has 2 bridgehead atoms. The van der Waals surface area contributed by atoms with Crippen LogP contribution in [0, 0.1) is 12.8 Å². The molecular weight excluding hydrogens is 334 g/mol. The van der Waals surface area contributed by atoms with Crippen molar-refractivity contribution < 1.29 is 4.74 Å². The van der Waals surface area contributed by atoms with Gasteiger partial charge in [-0.15, -0.1) is 0 Å². The first kappa shape index (κ1) is 17.3. The Kier molecular flexibility index (Phi) is 5.05. The maximum Gasteiger partial charge on any atom is 0.0589 e. The standard InChI is InChI=1S/C20H28ClN3O/c1-14-18-9-16(21)4-6-19(18)22-20(14)13-23-10-15-3-5-17(12-23)24(11-15)7-8-25-2/h4,6,9,15,17,22H,3,5,7-8,10-13H2,1-2H3/t15-,17+/m1/s1. The Balaban J connectivity index is 1.51. The third-order valence-corrected chi connectivity index (χ3v) is 6.23. The van der Waals surface area contributed by atoms with Gasteiger partial charge in [-0.05, 0) is 49.4 Å². The van der Waals surface area contributed by atoms with Gasteiger partial charge in [0.05, 0.1) is 6.61 Å². The van der Waals surface area contributed by atoms with E-state index in [0.717, 1.165) is 37.2 Å². The fourth-order valence-electron chi connectivity index (χ4n) is 4.62. The number of hydrogen-bond acceptors (Lipinski definition) is 3. The number of ether oxygens (including phenoxy) is 1. The van der Waals surface area contributed by atoms with Gasteiger partial charge in [-0.25, -0.2) is 0 Å². The van der Waals surface area contributed by atoms with Crippen LogP contribution in [-0.4, -0.2) is 60.7 Å². The van der Waals surface area contributed by atoms with Crippen LogP contribution in [0.4, 0.5) is 0 Å². The molecule has 0 saturated carbocycles. The van der Waals surface area contributed by atoms with Gasteiger partial charge in [0, 0.05) is 67.5 Å². The molecule has 0 unspecified atom stereocenters. The number of hydrogen-bond donors (Lipinski definition) is 1. The Labute approximate surface area is 155 Å². The fourth-order valence-corrected chi connectivity index (χ4v) is 4.80. The molecule has 136 valence electrons. The first-order chi connectivity index (χ1) is 12.1. The summed E-state index contributed by atoms with van der Waals surface area (Å²) in [6.07, 6.45) is 2.69. The minimum atomic E-state index is 0.674. The molecule has 4 heterocycles. The molecule has 0 aliphatic carbocycles. The Bertz CT molecular complexity index is 744. The van der Waals surface area contributed by atoms with E-state index in [1.807, 2.05) is 6.07 Å². The number of H-pyrrole nitrogens is 1. The maximum atomic E-state index is 6.18. The lowest BCUT2D eigenvalue weighted by atomic mass is 9.95. The van der Waals surface area contributed by atoms with E-state index in [9.17, 15) is 0 Å². The van der Waals surface area contributed by atoms with Gasteiger partial charge in [-0.3, -0.25) is 9.80 Å². The molecule has 1 aromatic heterocycles. The summed E-state index contributed by atoms with van der Waals surface area (Å²) in [5.74, 6) is 0.787. The monoisotopic (exact) mass is 361 g/mol. The van der Waals surface area contributed by atoms with Crippen molar-refractivity contribution in [1.29, 1.82) is 0 Å². The largest absolute Gasteiger partial charge is 0.383 e. The SMILES string of the molecule is COCCN1C[C@@H]2CC[C@H]1CN(Cc1[nH]c3ccc(Cl)cc3c1C)C2. The molecule has 3 aliphatic rings. The Hall–Kier alpha value is -1.07. The molecule has 25 heavy (non-hydrogen) atoms. The van der Waals surface area contributed by atoms with E-state index < -0.39 is 0 Å². The molecule has 5 rings (SSSR count). The van der Waals surface area contributed by atoms with Crippen molar-refractivity contribution in [2.45, 2.75) is 32.4 Å². The second kappa shape index (κ2) is 7.28. The zero-order chi connectivity index (χ0) is 17.4. The van der Waals surface area contributed by atoms with Gasteiger partial charge in [0.2, 0.25) is 0 Å². The van der Waals surface area contributed by atoms with E-state index in [2.05, 4.69) is 33.8 Å². The van der Waals surface area contributed by atoms with Gasteiger partial charge in [-0.1, -0.05) is 11.6 Å². The number of methoxy groups -OCH3 is 1. The van der Waals surface area contributed by atoms with Gasteiger partial charge >= 0.3 is 0 Å². The number of rotatable bonds is 5. The van der Waals surface area contributed by atoms with Crippen molar-refractivity contribution >= 4 is 22.5 Å². The summed E-state index contributed by atoms with van der Waals surface area (Å²) >= 11 is 6.18. The van der Waals surface area contributed by atoms with Gasteiger partial charge in [-0.2, -0.15) is 0 Å². The van der Waals surface area contributed by atoms with Crippen LogP contribution in [0.3, 0.4) is 0 Å². The van der Waals surface area contributed by atoms with E-state index in [1.54, 1.807) is 7.11 Å². The summed E-state index contributed by atoms with van der Waals surface area (Å²) in [7, 11) is 1.80. The summed E-state index contributed by atoms with van der Waals surface area (Å²) in [4.78, 5) is 8.92. The van der Waals surface area contributed by atoms with Crippen LogP contribution in [0.25, 0.3) is 10.9 Å². The molecular formula is C20H28ClN3O. The lowest BCUT2D eigenvalue weighted by molar-refractivity contribution is 0.0867. The van der Waals surface area contributed by atoms with E-state index in [1.165, 1.54) is 48.1 Å². The average Bonchev–Trinajstić information content (AvgIpc) is 2.76. The van der Waals surface area contributed by atoms with Gasteiger partial charge < -0.3 is 9.72 Å². The molecule has 5 heteroatoms. The van der Waals surface area contributed by atoms with E-state index in [4.69, 9.17) is 16.3 Å². The summed E-state index contributed by atoms with van der Waals surface area (Å²) in [5, 5.41) is 2.06. The van der Waals surface area contributed by atoms with E-state index >= 15 is 0 Å². The van der Waals surface area contributed by atoms with Crippen molar-refractivity contribution in [3.05, 3.63) is 34.5 Å². The zero-order valence-electron chi connectivity index (χ0n) is 15.2. The molecule has 1 aromatic carbocycles. The molecule has 2 atom stereocenters. The average molecular weight is 362 g/mol. The number of piperidine rings is 1. The number of nitrogens with one attached hydrogen (secondary N) is 1. The molecule has 3 saturated heterocycles. The number of fused-ring (bicyclic) bond motifs is 5. The highest BCUT2D eigenvalue weighted by Gasteiger charge is 2.34. The molecule has 0 radical (unpaired) electrons. The Morgan fingerprint density at radius 3 is 2.96 bits per heavy atom. The van der Waals surface area contributed by atoms with Crippen LogP contribution in [0.1, 0.15) is 24.1 Å². The molecule has 3 aliphatic heterocycles. The number of aryl methyl sites for hydroxylation is 1. The van der Waals surface area contributed by atoms with Crippen molar-refractivity contribution in [1.82, 2.24) is 14.8 Å². The van der Waals surface area contributed by atoms with E-state index in [0.29, 0.717) is 6.04 Å². The predicted molar refractivity (Wildman–Crippen MR) is 103 cm³/mol. The van der Waals surface area contributed by atoms with Gasteiger partial charge in [0.25, 0.3) is 0 Å². The third-order valence-electron chi connectivity index (χ3n) is 5.99. The number of aromatic amines is 1. The Morgan fingerprint density at radius 2 is 2.12 bits per heavy atom. The van der Waals surface area contributed by atoms with Crippen LogP contribution in [-0.2, 0) is 11.3 Å². The molecule has 1 N–H and O–H groups in total. The van der Waals surface area contributed by atoms with Crippen LogP contribution >= 0.6 is 11.6 Å². The maximum absolute atomic E-state index is 6.18. The third kappa shape index (κ3) is 3.59. The first-order valence-corrected chi connectivity index (χ1v) is 9.74. The topological polar surface area (TPSA) is 31.5 Å². The smallest absolute Gasteiger partial charge is 0.0589 e. The second-order valence-corrected chi connectivity index (χ2v) is 8.13.